The van der Waals surface area contributed by atoms with Crippen LogP contribution in [-0.2, 0) is 0 Å². The van der Waals surface area contributed by atoms with Crippen molar-refractivity contribution < 1.29 is 9.32 Å². The molecule has 2 heterocycles. The van der Waals surface area contributed by atoms with Crippen LogP contribution in [0.1, 0.15) is 30.3 Å². The van der Waals surface area contributed by atoms with Gasteiger partial charge in [-0.05, 0) is 37.5 Å². The number of nitrogens with one attached hydrogen (secondary N) is 1. The van der Waals surface area contributed by atoms with Crippen molar-refractivity contribution in [1.82, 2.24) is 15.0 Å². The maximum atomic E-state index is 12.8. The second kappa shape index (κ2) is 7.40. The zero-order chi connectivity index (χ0) is 18.8. The number of carbonyl (C=O) groups excluding carboxylic acids is 1. The van der Waals surface area contributed by atoms with E-state index in [0.717, 1.165) is 24.0 Å². The average Bonchev–Trinajstić information content (AvgIpc) is 3.33. The van der Waals surface area contributed by atoms with E-state index in [0.29, 0.717) is 29.0 Å². The van der Waals surface area contributed by atoms with Crippen molar-refractivity contribution in [3.8, 4) is 11.4 Å². The largest absolute Gasteiger partial charge is 0.337 e. The second-order valence-corrected chi connectivity index (χ2v) is 6.99. The zero-order valence-corrected chi connectivity index (χ0v) is 15.6. The Kier molecular flexibility index (Phi) is 4.81. The van der Waals surface area contributed by atoms with Gasteiger partial charge >= 0.3 is 6.03 Å². The summed E-state index contributed by atoms with van der Waals surface area (Å²) in [5.74, 6) is 0.982. The van der Waals surface area contributed by atoms with E-state index in [1.54, 1.807) is 11.0 Å². The highest BCUT2D eigenvalue weighted by Gasteiger charge is 2.34. The Bertz CT molecular complexity index is 958. The number of anilines is 1. The highest BCUT2D eigenvalue weighted by molar-refractivity contribution is 6.33. The van der Waals surface area contributed by atoms with Crippen molar-refractivity contribution in [2.45, 2.75) is 25.8 Å². The Morgan fingerprint density at radius 2 is 2.07 bits per heavy atom. The summed E-state index contributed by atoms with van der Waals surface area (Å²) < 4.78 is 5.46. The van der Waals surface area contributed by atoms with Crippen LogP contribution in [0.5, 0.6) is 0 Å². The molecule has 0 radical (unpaired) electrons. The summed E-state index contributed by atoms with van der Waals surface area (Å²) in [5.41, 5.74) is 2.51. The van der Waals surface area contributed by atoms with Gasteiger partial charge in [-0.15, -0.1) is 0 Å². The molecular weight excluding hydrogens is 364 g/mol. The molecule has 0 bridgehead atoms. The average molecular weight is 383 g/mol. The van der Waals surface area contributed by atoms with Crippen LogP contribution in [0, 0.1) is 6.92 Å². The number of urea groups is 1. The third-order valence-corrected chi connectivity index (χ3v) is 4.95. The molecule has 1 aliphatic heterocycles. The van der Waals surface area contributed by atoms with Gasteiger partial charge in [-0.3, -0.25) is 0 Å². The molecule has 1 fully saturated rings. The second-order valence-electron chi connectivity index (χ2n) is 6.59. The number of nitrogens with zero attached hydrogens (tertiary/aromatic N) is 3. The Balaban J connectivity index is 1.52. The molecule has 1 aliphatic rings. The van der Waals surface area contributed by atoms with Gasteiger partial charge in [0.1, 0.15) is 6.04 Å². The van der Waals surface area contributed by atoms with Gasteiger partial charge in [0.05, 0.1) is 10.7 Å². The van der Waals surface area contributed by atoms with Crippen molar-refractivity contribution >= 4 is 23.3 Å². The lowest BCUT2D eigenvalue weighted by Crippen LogP contribution is -2.34. The topological polar surface area (TPSA) is 71.3 Å². The number of rotatable bonds is 3. The van der Waals surface area contributed by atoms with Gasteiger partial charge in [-0.2, -0.15) is 4.98 Å². The maximum absolute atomic E-state index is 12.8. The monoisotopic (exact) mass is 382 g/mol. The molecule has 0 aliphatic carbocycles. The Morgan fingerprint density at radius 1 is 1.26 bits per heavy atom. The van der Waals surface area contributed by atoms with Crippen molar-refractivity contribution in [3.05, 3.63) is 65.0 Å². The predicted octanol–water partition coefficient (Wildman–Crippen LogP) is 5.07. The molecule has 0 saturated carbocycles. The molecule has 1 saturated heterocycles. The van der Waals surface area contributed by atoms with Crippen LogP contribution in [0.2, 0.25) is 5.02 Å². The number of likely N-dealkylation sites (tertiary alicyclic amines) is 1. The lowest BCUT2D eigenvalue weighted by atomic mass is 10.2. The van der Waals surface area contributed by atoms with Crippen LogP contribution in [-0.4, -0.2) is 27.6 Å². The van der Waals surface area contributed by atoms with E-state index >= 15 is 0 Å². The number of amides is 2. The van der Waals surface area contributed by atoms with Crippen molar-refractivity contribution in [2.75, 3.05) is 11.9 Å². The summed E-state index contributed by atoms with van der Waals surface area (Å²) in [6, 6.07) is 14.7. The van der Waals surface area contributed by atoms with E-state index in [2.05, 4.69) is 15.5 Å². The highest BCUT2D eigenvalue weighted by Crippen LogP contribution is 2.33. The molecule has 6 nitrogen and oxygen atoms in total. The molecule has 138 valence electrons. The Morgan fingerprint density at radius 3 is 2.85 bits per heavy atom. The van der Waals surface area contributed by atoms with E-state index in [-0.39, 0.29) is 12.1 Å². The Labute approximate surface area is 162 Å². The quantitative estimate of drug-likeness (QED) is 0.686. The summed E-state index contributed by atoms with van der Waals surface area (Å²) in [7, 11) is 0. The number of hydrogen-bond acceptors (Lipinski definition) is 4. The first-order valence-corrected chi connectivity index (χ1v) is 9.22. The van der Waals surface area contributed by atoms with Gasteiger partial charge in [0.2, 0.25) is 11.7 Å². The number of aryl methyl sites for hydroxylation is 1. The lowest BCUT2D eigenvalue weighted by Gasteiger charge is -2.22. The zero-order valence-electron chi connectivity index (χ0n) is 14.9. The number of hydrogen-bond donors (Lipinski definition) is 1. The first kappa shape index (κ1) is 17.5. The van der Waals surface area contributed by atoms with Gasteiger partial charge < -0.3 is 14.7 Å². The molecule has 1 atom stereocenters. The third kappa shape index (κ3) is 3.66. The number of halogens is 1. The molecular formula is C20H19ClN4O2. The van der Waals surface area contributed by atoms with Gasteiger partial charge in [0.15, 0.2) is 0 Å². The molecule has 7 heteroatoms. The lowest BCUT2D eigenvalue weighted by molar-refractivity contribution is 0.193. The summed E-state index contributed by atoms with van der Waals surface area (Å²) in [4.78, 5) is 19.0. The smallest absolute Gasteiger partial charge is 0.322 e. The van der Waals surface area contributed by atoms with Crippen LogP contribution in [0.4, 0.5) is 10.5 Å². The van der Waals surface area contributed by atoms with Gasteiger partial charge in [-0.1, -0.05) is 53.2 Å². The van der Waals surface area contributed by atoms with Crippen LogP contribution < -0.4 is 5.32 Å². The number of aromatic nitrogens is 2. The number of carbonyl (C=O) groups is 1. The number of benzene rings is 2. The summed E-state index contributed by atoms with van der Waals surface area (Å²) in [6.45, 7) is 2.58. The third-order valence-electron chi connectivity index (χ3n) is 4.64. The normalized spacial score (nSPS) is 16.5. The molecule has 1 aromatic heterocycles. The molecule has 1 N–H and O–H groups in total. The molecule has 0 spiro atoms. The summed E-state index contributed by atoms with van der Waals surface area (Å²) in [6.07, 6.45) is 1.66. The molecule has 0 unspecified atom stereocenters. The van der Waals surface area contributed by atoms with Crippen LogP contribution in [0.25, 0.3) is 11.4 Å². The van der Waals surface area contributed by atoms with Gasteiger partial charge in [-0.25, -0.2) is 4.79 Å². The Hall–Kier alpha value is -2.86. The minimum atomic E-state index is -0.237. The van der Waals surface area contributed by atoms with E-state index in [1.165, 1.54) is 0 Å². The van der Waals surface area contributed by atoms with Gasteiger partial charge in [0, 0.05) is 12.1 Å². The van der Waals surface area contributed by atoms with E-state index in [1.807, 2.05) is 49.4 Å². The van der Waals surface area contributed by atoms with Gasteiger partial charge in [0.25, 0.3) is 0 Å². The van der Waals surface area contributed by atoms with Crippen molar-refractivity contribution in [3.63, 3.8) is 0 Å². The minimum absolute atomic E-state index is 0.220. The summed E-state index contributed by atoms with van der Waals surface area (Å²) >= 11 is 6.23. The SMILES string of the molecule is Cc1ccc(NC(=O)N2CCC[C@@H]2c2nc(-c3ccccc3)no2)c(Cl)c1. The summed E-state index contributed by atoms with van der Waals surface area (Å²) in [5, 5.41) is 7.47. The van der Waals surface area contributed by atoms with E-state index < -0.39 is 0 Å². The standard InChI is InChI=1S/C20H19ClN4O2/c1-13-9-10-16(15(21)12-13)22-20(26)25-11-5-8-17(25)19-23-18(24-27-19)14-6-3-2-4-7-14/h2-4,6-7,9-10,12,17H,5,8,11H2,1H3,(H,22,26)/t17-/m1/s1. The first-order chi connectivity index (χ1) is 13.1. The molecule has 27 heavy (non-hydrogen) atoms. The minimum Gasteiger partial charge on any atom is -0.337 e. The maximum Gasteiger partial charge on any atom is 0.322 e. The molecule has 4 rings (SSSR count). The van der Waals surface area contributed by atoms with Crippen molar-refractivity contribution in [1.29, 1.82) is 0 Å². The molecule has 2 aromatic carbocycles. The van der Waals surface area contributed by atoms with Crippen LogP contribution in [0.15, 0.2) is 53.1 Å². The predicted molar refractivity (Wildman–Crippen MR) is 104 cm³/mol. The van der Waals surface area contributed by atoms with Crippen LogP contribution >= 0.6 is 11.6 Å². The van der Waals surface area contributed by atoms with Crippen molar-refractivity contribution in [2.24, 2.45) is 0 Å². The van der Waals surface area contributed by atoms with Crippen LogP contribution in [0.3, 0.4) is 0 Å². The molecule has 2 amide bonds. The fraction of sp³-hybridized carbons (Fsp3) is 0.250. The highest BCUT2D eigenvalue weighted by atomic mass is 35.5. The van der Waals surface area contributed by atoms with E-state index in [4.69, 9.17) is 16.1 Å². The fourth-order valence-electron chi connectivity index (χ4n) is 3.25. The van der Waals surface area contributed by atoms with E-state index in [9.17, 15) is 4.79 Å². The molecule has 3 aromatic rings. The fourth-order valence-corrected chi connectivity index (χ4v) is 3.53. The first-order valence-electron chi connectivity index (χ1n) is 8.84.